The zero-order chi connectivity index (χ0) is 17.8. The molecule has 1 aliphatic heterocycles. The molecule has 1 saturated heterocycles. The van der Waals surface area contributed by atoms with Crippen LogP contribution in [0.15, 0.2) is 29.4 Å². The Kier molecular flexibility index (Phi) is 5.75. The first-order chi connectivity index (χ1) is 12.1. The van der Waals surface area contributed by atoms with Gasteiger partial charge in [-0.2, -0.15) is 0 Å². The predicted molar refractivity (Wildman–Crippen MR) is 99.6 cm³/mol. The van der Waals surface area contributed by atoms with Crippen molar-refractivity contribution >= 4 is 23.5 Å². The van der Waals surface area contributed by atoms with Gasteiger partial charge in [0.15, 0.2) is 10.9 Å². The predicted octanol–water partition coefficient (Wildman–Crippen LogP) is 2.75. The van der Waals surface area contributed by atoms with Crippen molar-refractivity contribution in [2.24, 2.45) is 7.05 Å². The third-order valence-electron chi connectivity index (χ3n) is 4.34. The molecule has 25 heavy (non-hydrogen) atoms. The minimum Gasteiger partial charge on any atom is -0.378 e. The van der Waals surface area contributed by atoms with E-state index in [2.05, 4.69) is 28.9 Å². The Hall–Kier alpha value is -1.86. The zero-order valence-electron chi connectivity index (χ0n) is 14.9. The lowest BCUT2D eigenvalue weighted by Crippen LogP contribution is -2.37. The Morgan fingerprint density at radius 3 is 2.52 bits per heavy atom. The number of carbonyl (C=O) groups is 1. The lowest BCUT2D eigenvalue weighted by Gasteiger charge is -2.27. The summed E-state index contributed by atoms with van der Waals surface area (Å²) in [7, 11) is 1.94. The van der Waals surface area contributed by atoms with Crippen LogP contribution in [0, 0.1) is 0 Å². The standard InChI is InChI=1S/C18H24N4O2S/c1-13(2)14-4-6-15(7-5-14)16(23)12-25-18-20-19-17(21(18)3)22-8-10-24-11-9-22/h4-7,13H,8-12H2,1-3H3. The molecule has 3 rings (SSSR count). The van der Waals surface area contributed by atoms with E-state index in [-0.39, 0.29) is 5.78 Å². The molecule has 0 amide bonds. The van der Waals surface area contributed by atoms with Crippen molar-refractivity contribution in [2.75, 3.05) is 37.0 Å². The molecule has 134 valence electrons. The van der Waals surface area contributed by atoms with Crippen molar-refractivity contribution in [3.05, 3.63) is 35.4 Å². The molecule has 1 aliphatic rings. The molecular weight excluding hydrogens is 336 g/mol. The van der Waals surface area contributed by atoms with Crippen LogP contribution in [0.25, 0.3) is 0 Å². The minimum atomic E-state index is 0.108. The molecule has 2 aromatic rings. The highest BCUT2D eigenvalue weighted by Crippen LogP contribution is 2.22. The highest BCUT2D eigenvalue weighted by Gasteiger charge is 2.19. The van der Waals surface area contributed by atoms with Gasteiger partial charge in [-0.25, -0.2) is 0 Å². The maximum atomic E-state index is 12.4. The van der Waals surface area contributed by atoms with Crippen LogP contribution in [0.5, 0.6) is 0 Å². The summed E-state index contributed by atoms with van der Waals surface area (Å²) in [6.45, 7) is 7.34. The number of nitrogens with zero attached hydrogens (tertiary/aromatic N) is 4. The number of hydrogen-bond acceptors (Lipinski definition) is 6. The van der Waals surface area contributed by atoms with Crippen molar-refractivity contribution in [2.45, 2.75) is 24.9 Å². The molecule has 0 unspecified atom stereocenters. The van der Waals surface area contributed by atoms with E-state index in [0.717, 1.165) is 29.8 Å². The fourth-order valence-corrected chi connectivity index (χ4v) is 3.54. The van der Waals surface area contributed by atoms with Gasteiger partial charge < -0.3 is 9.64 Å². The number of ether oxygens (including phenoxy) is 1. The molecule has 1 aromatic carbocycles. The molecule has 0 N–H and O–H groups in total. The number of hydrogen-bond donors (Lipinski definition) is 0. The van der Waals surface area contributed by atoms with Gasteiger partial charge in [0.1, 0.15) is 0 Å². The third kappa shape index (κ3) is 4.22. The van der Waals surface area contributed by atoms with Crippen LogP contribution in [0.3, 0.4) is 0 Å². The van der Waals surface area contributed by atoms with Crippen LogP contribution in [0.2, 0.25) is 0 Å². The number of benzene rings is 1. The van der Waals surface area contributed by atoms with E-state index in [1.54, 1.807) is 0 Å². The molecule has 0 radical (unpaired) electrons. The normalized spacial score (nSPS) is 15.0. The Morgan fingerprint density at radius 1 is 1.20 bits per heavy atom. The van der Waals surface area contributed by atoms with Crippen LogP contribution < -0.4 is 4.90 Å². The smallest absolute Gasteiger partial charge is 0.227 e. The lowest BCUT2D eigenvalue weighted by molar-refractivity contribution is 0.102. The fraction of sp³-hybridized carbons (Fsp3) is 0.500. The summed E-state index contributed by atoms with van der Waals surface area (Å²) in [5.74, 6) is 1.77. The number of ketones is 1. The number of Topliss-reactive ketones (excluding diaryl/α,β-unsaturated/α-hetero) is 1. The Morgan fingerprint density at radius 2 is 1.88 bits per heavy atom. The van der Waals surface area contributed by atoms with E-state index in [4.69, 9.17) is 4.74 Å². The molecule has 6 nitrogen and oxygen atoms in total. The number of rotatable bonds is 6. The molecule has 1 aromatic heterocycles. The molecule has 0 aliphatic carbocycles. The van der Waals surface area contributed by atoms with Gasteiger partial charge in [-0.1, -0.05) is 49.9 Å². The molecule has 1 fully saturated rings. The van der Waals surface area contributed by atoms with Crippen molar-refractivity contribution in [1.29, 1.82) is 0 Å². The van der Waals surface area contributed by atoms with E-state index in [9.17, 15) is 4.79 Å². The summed E-state index contributed by atoms with van der Waals surface area (Å²) < 4.78 is 7.32. The fourth-order valence-electron chi connectivity index (χ4n) is 2.74. The Labute approximate surface area is 152 Å². The number of aromatic nitrogens is 3. The van der Waals surface area contributed by atoms with Gasteiger partial charge >= 0.3 is 0 Å². The first-order valence-electron chi connectivity index (χ1n) is 8.54. The van der Waals surface area contributed by atoms with E-state index < -0.39 is 0 Å². The monoisotopic (exact) mass is 360 g/mol. The Balaban J connectivity index is 1.61. The third-order valence-corrected chi connectivity index (χ3v) is 5.36. The van der Waals surface area contributed by atoms with Crippen LogP contribution >= 0.6 is 11.8 Å². The summed E-state index contributed by atoms with van der Waals surface area (Å²) in [4.78, 5) is 14.6. The first kappa shape index (κ1) is 17.9. The van der Waals surface area contributed by atoms with Gasteiger partial charge in [0.2, 0.25) is 5.95 Å². The van der Waals surface area contributed by atoms with E-state index in [0.29, 0.717) is 24.9 Å². The number of carbonyl (C=O) groups excluding carboxylic acids is 1. The Bertz CT molecular complexity index is 721. The summed E-state index contributed by atoms with van der Waals surface area (Å²) in [6.07, 6.45) is 0. The van der Waals surface area contributed by atoms with Gasteiger partial charge in [0.05, 0.1) is 19.0 Å². The highest BCUT2D eigenvalue weighted by molar-refractivity contribution is 7.99. The summed E-state index contributed by atoms with van der Waals surface area (Å²) >= 11 is 1.43. The number of anilines is 1. The average Bonchev–Trinajstić information content (AvgIpc) is 3.01. The van der Waals surface area contributed by atoms with E-state index in [1.165, 1.54) is 17.3 Å². The molecule has 0 spiro atoms. The molecule has 0 saturated carbocycles. The molecule has 2 heterocycles. The van der Waals surface area contributed by atoms with Gasteiger partial charge in [-0.15, -0.1) is 10.2 Å². The summed E-state index contributed by atoms with van der Waals surface area (Å²) in [5, 5.41) is 9.27. The summed E-state index contributed by atoms with van der Waals surface area (Å²) in [6, 6.07) is 7.88. The molecule has 0 atom stereocenters. The van der Waals surface area contributed by atoms with Crippen LogP contribution in [-0.4, -0.2) is 52.6 Å². The SMILES string of the molecule is CC(C)c1ccc(C(=O)CSc2nnc(N3CCOCC3)n2C)cc1. The first-order valence-corrected chi connectivity index (χ1v) is 9.53. The van der Waals surface area contributed by atoms with Crippen molar-refractivity contribution in [3.63, 3.8) is 0 Å². The van der Waals surface area contributed by atoms with Gasteiger partial charge in [0.25, 0.3) is 0 Å². The topological polar surface area (TPSA) is 60.3 Å². The largest absolute Gasteiger partial charge is 0.378 e. The van der Waals surface area contributed by atoms with Gasteiger partial charge in [-0.05, 0) is 11.5 Å². The zero-order valence-corrected chi connectivity index (χ0v) is 15.8. The van der Waals surface area contributed by atoms with Crippen LogP contribution in [0.4, 0.5) is 5.95 Å². The average molecular weight is 360 g/mol. The summed E-state index contributed by atoms with van der Waals surface area (Å²) in [5.41, 5.74) is 1.99. The minimum absolute atomic E-state index is 0.108. The maximum Gasteiger partial charge on any atom is 0.227 e. The molecule has 0 bridgehead atoms. The van der Waals surface area contributed by atoms with E-state index >= 15 is 0 Å². The number of morpholine rings is 1. The van der Waals surface area contributed by atoms with Gasteiger partial charge in [-0.3, -0.25) is 9.36 Å². The number of thioether (sulfide) groups is 1. The highest BCUT2D eigenvalue weighted by atomic mass is 32.2. The second-order valence-corrected chi connectivity index (χ2v) is 7.37. The van der Waals surface area contributed by atoms with Gasteiger partial charge in [0, 0.05) is 25.7 Å². The molecule has 7 heteroatoms. The van der Waals surface area contributed by atoms with E-state index in [1.807, 2.05) is 35.9 Å². The van der Waals surface area contributed by atoms with Crippen molar-refractivity contribution in [3.8, 4) is 0 Å². The van der Waals surface area contributed by atoms with Crippen molar-refractivity contribution in [1.82, 2.24) is 14.8 Å². The van der Waals surface area contributed by atoms with Crippen LogP contribution in [0.1, 0.15) is 35.7 Å². The second kappa shape index (κ2) is 8.01. The van der Waals surface area contributed by atoms with Crippen LogP contribution in [-0.2, 0) is 11.8 Å². The molecular formula is C18H24N4O2S. The van der Waals surface area contributed by atoms with Crippen molar-refractivity contribution < 1.29 is 9.53 Å². The maximum absolute atomic E-state index is 12.4. The second-order valence-electron chi connectivity index (χ2n) is 6.43. The lowest BCUT2D eigenvalue weighted by atomic mass is 10.0. The quantitative estimate of drug-likeness (QED) is 0.583.